The Morgan fingerprint density at radius 2 is 2.23 bits per heavy atom. The van der Waals surface area contributed by atoms with Crippen LogP contribution in [-0.2, 0) is 0 Å². The lowest BCUT2D eigenvalue weighted by molar-refractivity contribution is 0.370. The maximum absolute atomic E-state index is 5.36. The number of benzene rings is 1. The molecule has 0 spiro atoms. The predicted molar refractivity (Wildman–Crippen MR) is 53.5 cm³/mol. The Morgan fingerprint density at radius 3 is 2.92 bits per heavy atom. The van der Waals surface area contributed by atoms with Crippen LogP contribution in [-0.4, -0.2) is 13.2 Å². The van der Waals surface area contributed by atoms with Crippen LogP contribution in [0.1, 0.15) is 5.56 Å². The molecule has 0 saturated heterocycles. The zero-order valence-corrected chi connectivity index (χ0v) is 7.71. The number of aryl methyl sites for hydroxylation is 1. The first-order valence-electron chi connectivity index (χ1n) is 4.18. The molecule has 0 bridgehead atoms. The normalized spacial score (nSPS) is 8.77. The molecule has 1 rings (SSSR count). The van der Waals surface area contributed by atoms with Gasteiger partial charge >= 0.3 is 0 Å². The molecule has 2 heteroatoms. The topological polar surface area (TPSA) is 35.2 Å². The standard InChI is InChI=1S/C11H13NO/c1-10-5-4-6-11(9-10)13-8-3-2-7-12/h4-6,9H,7-8,12H2,1H3. The van der Waals surface area contributed by atoms with E-state index in [-0.39, 0.29) is 0 Å². The van der Waals surface area contributed by atoms with Crippen molar-refractivity contribution in [2.24, 2.45) is 5.73 Å². The van der Waals surface area contributed by atoms with E-state index in [9.17, 15) is 0 Å². The zero-order chi connectivity index (χ0) is 9.52. The van der Waals surface area contributed by atoms with Crippen LogP contribution in [0.5, 0.6) is 5.75 Å². The van der Waals surface area contributed by atoms with Crippen molar-refractivity contribution in [3.05, 3.63) is 29.8 Å². The van der Waals surface area contributed by atoms with Crippen LogP contribution in [0.2, 0.25) is 0 Å². The Morgan fingerprint density at radius 1 is 1.38 bits per heavy atom. The smallest absolute Gasteiger partial charge is 0.149 e. The molecule has 0 aromatic heterocycles. The van der Waals surface area contributed by atoms with Gasteiger partial charge in [0.1, 0.15) is 12.4 Å². The molecule has 0 aliphatic rings. The molecule has 0 atom stereocenters. The van der Waals surface area contributed by atoms with Crippen LogP contribution < -0.4 is 10.5 Å². The lowest BCUT2D eigenvalue weighted by atomic mass is 10.2. The first-order valence-corrected chi connectivity index (χ1v) is 4.18. The van der Waals surface area contributed by atoms with Crippen molar-refractivity contribution >= 4 is 0 Å². The van der Waals surface area contributed by atoms with Crippen LogP contribution in [0.15, 0.2) is 24.3 Å². The number of ether oxygens (including phenoxy) is 1. The van der Waals surface area contributed by atoms with E-state index in [1.54, 1.807) is 0 Å². The number of rotatable bonds is 2. The first-order chi connectivity index (χ1) is 6.33. The molecule has 13 heavy (non-hydrogen) atoms. The summed E-state index contributed by atoms with van der Waals surface area (Å²) in [6, 6.07) is 7.88. The van der Waals surface area contributed by atoms with E-state index in [0.29, 0.717) is 13.2 Å². The second-order valence-electron chi connectivity index (χ2n) is 2.66. The van der Waals surface area contributed by atoms with Crippen molar-refractivity contribution in [3.63, 3.8) is 0 Å². The number of hydrogen-bond donors (Lipinski definition) is 1. The maximum atomic E-state index is 5.36. The van der Waals surface area contributed by atoms with Crippen LogP contribution >= 0.6 is 0 Å². The summed E-state index contributed by atoms with van der Waals surface area (Å²) in [6.45, 7) is 2.82. The highest BCUT2D eigenvalue weighted by Crippen LogP contribution is 2.11. The zero-order valence-electron chi connectivity index (χ0n) is 7.71. The Balaban J connectivity index is 2.45. The molecule has 0 unspecified atom stereocenters. The molecule has 0 amide bonds. The molecule has 1 aromatic carbocycles. The van der Waals surface area contributed by atoms with Gasteiger partial charge in [-0.1, -0.05) is 24.0 Å². The van der Waals surface area contributed by atoms with Gasteiger partial charge < -0.3 is 10.5 Å². The molecule has 0 radical (unpaired) electrons. The lowest BCUT2D eigenvalue weighted by Gasteiger charge is -2.01. The van der Waals surface area contributed by atoms with E-state index in [4.69, 9.17) is 10.5 Å². The fraction of sp³-hybridized carbons (Fsp3) is 0.273. The van der Waals surface area contributed by atoms with Crippen LogP contribution in [0, 0.1) is 18.8 Å². The average Bonchev–Trinajstić information content (AvgIpc) is 2.13. The molecule has 1 aromatic rings. The maximum Gasteiger partial charge on any atom is 0.149 e. The largest absolute Gasteiger partial charge is 0.481 e. The van der Waals surface area contributed by atoms with Crippen molar-refractivity contribution in [2.75, 3.05) is 13.2 Å². The van der Waals surface area contributed by atoms with E-state index in [0.717, 1.165) is 5.75 Å². The molecular weight excluding hydrogens is 162 g/mol. The highest BCUT2D eigenvalue weighted by atomic mass is 16.5. The van der Waals surface area contributed by atoms with E-state index >= 15 is 0 Å². The van der Waals surface area contributed by atoms with Gasteiger partial charge in [-0.3, -0.25) is 0 Å². The lowest BCUT2D eigenvalue weighted by Crippen LogP contribution is -1.97. The molecule has 0 aliphatic carbocycles. The third kappa shape index (κ3) is 3.64. The molecule has 2 nitrogen and oxygen atoms in total. The monoisotopic (exact) mass is 175 g/mol. The van der Waals surface area contributed by atoms with Crippen molar-refractivity contribution in [1.29, 1.82) is 0 Å². The summed E-state index contributed by atoms with van der Waals surface area (Å²) < 4.78 is 5.36. The van der Waals surface area contributed by atoms with Gasteiger partial charge in [-0.25, -0.2) is 0 Å². The minimum Gasteiger partial charge on any atom is -0.481 e. The Labute approximate surface area is 78.7 Å². The van der Waals surface area contributed by atoms with Gasteiger partial charge in [0.2, 0.25) is 0 Å². The predicted octanol–water partition coefficient (Wildman–Crippen LogP) is 1.34. The fourth-order valence-electron chi connectivity index (χ4n) is 0.948. The summed E-state index contributed by atoms with van der Waals surface area (Å²) in [4.78, 5) is 0. The van der Waals surface area contributed by atoms with Crippen molar-refractivity contribution in [2.45, 2.75) is 6.92 Å². The minimum atomic E-state index is 0.386. The highest BCUT2D eigenvalue weighted by molar-refractivity contribution is 5.27. The van der Waals surface area contributed by atoms with Crippen LogP contribution in [0.25, 0.3) is 0 Å². The third-order valence-corrected chi connectivity index (χ3v) is 1.53. The molecule has 0 fully saturated rings. The van der Waals surface area contributed by atoms with Gasteiger partial charge in [-0.15, -0.1) is 0 Å². The van der Waals surface area contributed by atoms with E-state index in [1.807, 2.05) is 31.2 Å². The number of nitrogens with two attached hydrogens (primary N) is 1. The van der Waals surface area contributed by atoms with Gasteiger partial charge in [-0.05, 0) is 24.6 Å². The minimum absolute atomic E-state index is 0.386. The Bertz CT molecular complexity index is 322. The summed E-state index contributed by atoms with van der Waals surface area (Å²) in [5.41, 5.74) is 6.39. The summed E-state index contributed by atoms with van der Waals surface area (Å²) in [7, 11) is 0. The Hall–Kier alpha value is -1.46. The van der Waals surface area contributed by atoms with Gasteiger partial charge in [-0.2, -0.15) is 0 Å². The van der Waals surface area contributed by atoms with Gasteiger partial charge in [0, 0.05) is 0 Å². The summed E-state index contributed by atoms with van der Waals surface area (Å²) >= 11 is 0. The molecule has 68 valence electrons. The Kier molecular flexibility index (Phi) is 3.87. The molecule has 0 saturated carbocycles. The quantitative estimate of drug-likeness (QED) is 0.688. The van der Waals surface area contributed by atoms with Gasteiger partial charge in [0.25, 0.3) is 0 Å². The first kappa shape index (κ1) is 9.63. The third-order valence-electron chi connectivity index (χ3n) is 1.53. The molecule has 0 aliphatic heterocycles. The second-order valence-corrected chi connectivity index (χ2v) is 2.66. The number of hydrogen-bond acceptors (Lipinski definition) is 2. The van der Waals surface area contributed by atoms with E-state index in [2.05, 4.69) is 11.8 Å². The van der Waals surface area contributed by atoms with E-state index in [1.165, 1.54) is 5.56 Å². The summed E-state index contributed by atoms with van der Waals surface area (Å²) in [5.74, 6) is 6.39. The average molecular weight is 175 g/mol. The summed E-state index contributed by atoms with van der Waals surface area (Å²) in [5, 5.41) is 0. The van der Waals surface area contributed by atoms with Gasteiger partial charge in [0.05, 0.1) is 6.54 Å². The molecule has 0 heterocycles. The van der Waals surface area contributed by atoms with Crippen molar-refractivity contribution < 1.29 is 4.74 Å². The van der Waals surface area contributed by atoms with Crippen LogP contribution in [0.4, 0.5) is 0 Å². The fourth-order valence-corrected chi connectivity index (χ4v) is 0.948. The van der Waals surface area contributed by atoms with E-state index < -0.39 is 0 Å². The van der Waals surface area contributed by atoms with Crippen molar-refractivity contribution in [3.8, 4) is 17.6 Å². The van der Waals surface area contributed by atoms with Gasteiger partial charge in [0.15, 0.2) is 0 Å². The van der Waals surface area contributed by atoms with Crippen molar-refractivity contribution in [1.82, 2.24) is 0 Å². The SMILES string of the molecule is Cc1cccc(OCC#CCN)c1. The molecular formula is C11H13NO. The summed E-state index contributed by atoms with van der Waals surface area (Å²) in [6.07, 6.45) is 0. The molecule has 2 N–H and O–H groups in total. The highest BCUT2D eigenvalue weighted by Gasteiger charge is 1.90. The second kappa shape index (κ2) is 5.23. The van der Waals surface area contributed by atoms with Crippen LogP contribution in [0.3, 0.4) is 0 Å².